The van der Waals surface area contributed by atoms with Crippen LogP contribution in [-0.4, -0.2) is 36.2 Å². The molecule has 1 aliphatic rings. The Morgan fingerprint density at radius 2 is 1.59 bits per heavy atom. The molecule has 1 aliphatic heterocycles. The number of Topliss-reactive ketones (excluding diaryl/α,β-unsaturated/α-hetero) is 1. The fourth-order valence-electron chi connectivity index (χ4n) is 2.83. The van der Waals surface area contributed by atoms with Crippen molar-refractivity contribution in [2.45, 2.75) is 24.2 Å². The highest BCUT2D eigenvalue weighted by atomic mass is 79.9. The van der Waals surface area contributed by atoms with Gasteiger partial charge in [-0.3, -0.25) is 10.2 Å². The molecular formula is C19H20BrN3O3S. The molecule has 142 valence electrons. The van der Waals surface area contributed by atoms with Crippen molar-refractivity contribution in [2.24, 2.45) is 5.10 Å². The molecule has 0 aliphatic carbocycles. The Morgan fingerprint density at radius 3 is 2.22 bits per heavy atom. The van der Waals surface area contributed by atoms with Crippen LogP contribution in [0.25, 0.3) is 0 Å². The minimum Gasteiger partial charge on any atom is -0.286 e. The summed E-state index contributed by atoms with van der Waals surface area (Å²) in [6.45, 7) is 1.10. The SMILES string of the molecule is O=C(/C(Br)=N/Nc1ccccc1)c1ccc(S(=O)(=O)N2CCCCC2)cc1. The third kappa shape index (κ3) is 4.82. The molecule has 1 heterocycles. The molecule has 0 atom stereocenters. The summed E-state index contributed by atoms with van der Waals surface area (Å²) < 4.78 is 26.9. The molecule has 3 rings (SSSR count). The van der Waals surface area contributed by atoms with Crippen molar-refractivity contribution in [3.8, 4) is 0 Å². The van der Waals surface area contributed by atoms with Gasteiger partial charge >= 0.3 is 0 Å². The van der Waals surface area contributed by atoms with Gasteiger partial charge in [-0.05, 0) is 65.2 Å². The number of hydrazone groups is 1. The Kier molecular flexibility index (Phi) is 6.41. The number of hydrogen-bond acceptors (Lipinski definition) is 5. The number of rotatable bonds is 6. The van der Waals surface area contributed by atoms with E-state index < -0.39 is 10.0 Å². The van der Waals surface area contributed by atoms with E-state index in [1.54, 1.807) is 0 Å². The van der Waals surface area contributed by atoms with E-state index in [1.165, 1.54) is 28.6 Å². The van der Waals surface area contributed by atoms with Gasteiger partial charge in [0.1, 0.15) is 0 Å². The molecule has 0 spiro atoms. The number of carbonyl (C=O) groups is 1. The maximum Gasteiger partial charge on any atom is 0.243 e. The first-order chi connectivity index (χ1) is 13.0. The van der Waals surface area contributed by atoms with Crippen molar-refractivity contribution >= 4 is 42.0 Å². The number of anilines is 1. The van der Waals surface area contributed by atoms with Crippen LogP contribution in [0.1, 0.15) is 29.6 Å². The van der Waals surface area contributed by atoms with Crippen LogP contribution >= 0.6 is 15.9 Å². The standard InChI is InChI=1S/C19H20BrN3O3S/c20-19(22-21-16-7-3-1-4-8-16)18(24)15-9-11-17(12-10-15)27(25,26)23-13-5-2-6-14-23/h1,3-4,7-12,21H,2,5-6,13-14H2/b22-19-. The molecule has 2 aromatic carbocycles. The van der Waals surface area contributed by atoms with Crippen LogP contribution in [0.15, 0.2) is 64.6 Å². The van der Waals surface area contributed by atoms with Gasteiger partial charge in [0.05, 0.1) is 10.6 Å². The lowest BCUT2D eigenvalue weighted by Crippen LogP contribution is -2.35. The molecular weight excluding hydrogens is 430 g/mol. The topological polar surface area (TPSA) is 78.8 Å². The van der Waals surface area contributed by atoms with Crippen LogP contribution in [-0.2, 0) is 10.0 Å². The van der Waals surface area contributed by atoms with Gasteiger partial charge in [-0.1, -0.05) is 24.6 Å². The predicted octanol–water partition coefficient (Wildman–Crippen LogP) is 3.86. The molecule has 6 nitrogen and oxygen atoms in total. The lowest BCUT2D eigenvalue weighted by atomic mass is 10.1. The van der Waals surface area contributed by atoms with Crippen molar-refractivity contribution < 1.29 is 13.2 Å². The highest BCUT2D eigenvalue weighted by Crippen LogP contribution is 2.21. The van der Waals surface area contributed by atoms with Crippen molar-refractivity contribution in [2.75, 3.05) is 18.5 Å². The van der Waals surface area contributed by atoms with E-state index in [0.717, 1.165) is 24.9 Å². The first-order valence-electron chi connectivity index (χ1n) is 8.67. The fraction of sp³-hybridized carbons (Fsp3) is 0.263. The van der Waals surface area contributed by atoms with Gasteiger partial charge in [0.25, 0.3) is 0 Å². The Labute approximate surface area is 167 Å². The van der Waals surface area contributed by atoms with Crippen molar-refractivity contribution in [1.29, 1.82) is 0 Å². The lowest BCUT2D eigenvalue weighted by molar-refractivity contribution is 0.106. The molecule has 0 amide bonds. The Hall–Kier alpha value is -2.03. The summed E-state index contributed by atoms with van der Waals surface area (Å²) in [6.07, 6.45) is 2.82. The molecule has 1 saturated heterocycles. The van der Waals surface area contributed by atoms with E-state index in [-0.39, 0.29) is 15.3 Å². The van der Waals surface area contributed by atoms with Gasteiger partial charge in [-0.2, -0.15) is 9.41 Å². The largest absolute Gasteiger partial charge is 0.286 e. The van der Waals surface area contributed by atoms with Crippen LogP contribution in [0.4, 0.5) is 5.69 Å². The van der Waals surface area contributed by atoms with Gasteiger partial charge in [0.15, 0.2) is 4.62 Å². The van der Waals surface area contributed by atoms with Crippen LogP contribution < -0.4 is 5.43 Å². The molecule has 0 saturated carbocycles. The van der Waals surface area contributed by atoms with Crippen LogP contribution in [0.5, 0.6) is 0 Å². The van der Waals surface area contributed by atoms with Crippen molar-refractivity contribution in [1.82, 2.24) is 4.31 Å². The van der Waals surface area contributed by atoms with E-state index in [0.29, 0.717) is 18.7 Å². The highest BCUT2D eigenvalue weighted by molar-refractivity contribution is 9.19. The number of benzene rings is 2. The Balaban J connectivity index is 1.71. The molecule has 0 radical (unpaired) electrons. The summed E-state index contributed by atoms with van der Waals surface area (Å²) in [5.74, 6) is -0.333. The smallest absolute Gasteiger partial charge is 0.243 e. The lowest BCUT2D eigenvalue weighted by Gasteiger charge is -2.25. The number of ketones is 1. The summed E-state index contributed by atoms with van der Waals surface area (Å²) in [6, 6.07) is 15.2. The molecule has 0 aromatic heterocycles. The van der Waals surface area contributed by atoms with Gasteiger partial charge < -0.3 is 0 Å². The third-order valence-corrected chi connectivity index (χ3v) is 6.76. The highest BCUT2D eigenvalue weighted by Gasteiger charge is 2.26. The number of sulfonamides is 1. The third-order valence-electron chi connectivity index (χ3n) is 4.31. The average molecular weight is 450 g/mol. The maximum absolute atomic E-state index is 12.7. The summed E-state index contributed by atoms with van der Waals surface area (Å²) in [7, 11) is -3.50. The summed E-state index contributed by atoms with van der Waals surface area (Å²) in [5.41, 5.74) is 3.91. The fourth-order valence-corrected chi connectivity index (χ4v) is 4.66. The van der Waals surface area contributed by atoms with Gasteiger partial charge in [0, 0.05) is 18.7 Å². The maximum atomic E-state index is 12.7. The number of halogens is 1. The molecule has 8 heteroatoms. The zero-order valence-corrected chi connectivity index (χ0v) is 17.0. The monoisotopic (exact) mass is 449 g/mol. The number of piperidine rings is 1. The van der Waals surface area contributed by atoms with E-state index in [9.17, 15) is 13.2 Å². The van der Waals surface area contributed by atoms with E-state index >= 15 is 0 Å². The minimum atomic E-state index is -3.50. The second-order valence-electron chi connectivity index (χ2n) is 6.20. The van der Waals surface area contributed by atoms with Crippen molar-refractivity contribution in [3.63, 3.8) is 0 Å². The second-order valence-corrected chi connectivity index (χ2v) is 8.89. The second kappa shape index (κ2) is 8.77. The van der Waals surface area contributed by atoms with Gasteiger partial charge in [0.2, 0.25) is 15.8 Å². The van der Waals surface area contributed by atoms with Crippen LogP contribution in [0.2, 0.25) is 0 Å². The summed E-state index contributed by atoms with van der Waals surface area (Å²) in [4.78, 5) is 12.7. The Morgan fingerprint density at radius 1 is 0.963 bits per heavy atom. The van der Waals surface area contributed by atoms with E-state index in [1.807, 2.05) is 30.3 Å². The predicted molar refractivity (Wildman–Crippen MR) is 110 cm³/mol. The van der Waals surface area contributed by atoms with E-state index in [4.69, 9.17) is 0 Å². The first kappa shape index (κ1) is 19.7. The zero-order chi connectivity index (χ0) is 19.3. The zero-order valence-electron chi connectivity index (χ0n) is 14.6. The normalized spacial score (nSPS) is 16.1. The van der Waals surface area contributed by atoms with Gasteiger partial charge in [-0.25, -0.2) is 8.42 Å². The summed E-state index contributed by atoms with van der Waals surface area (Å²) >= 11 is 3.17. The quantitative estimate of drug-likeness (QED) is 0.412. The van der Waals surface area contributed by atoms with E-state index in [2.05, 4.69) is 26.5 Å². The number of nitrogens with zero attached hydrogens (tertiary/aromatic N) is 2. The Bertz CT molecular complexity index is 922. The number of hydrogen-bond donors (Lipinski definition) is 1. The molecule has 27 heavy (non-hydrogen) atoms. The first-order valence-corrected chi connectivity index (χ1v) is 10.9. The van der Waals surface area contributed by atoms with Crippen LogP contribution in [0.3, 0.4) is 0 Å². The molecule has 2 aromatic rings. The number of nitrogens with one attached hydrogen (secondary N) is 1. The molecule has 0 bridgehead atoms. The van der Waals surface area contributed by atoms with Gasteiger partial charge in [-0.15, -0.1) is 0 Å². The van der Waals surface area contributed by atoms with Crippen molar-refractivity contribution in [3.05, 3.63) is 60.2 Å². The average Bonchev–Trinajstić information content (AvgIpc) is 2.73. The minimum absolute atomic E-state index is 0.109. The molecule has 1 N–H and O–H groups in total. The molecule has 1 fully saturated rings. The van der Waals surface area contributed by atoms with Crippen LogP contribution in [0, 0.1) is 0 Å². The summed E-state index contributed by atoms with van der Waals surface area (Å²) in [5, 5.41) is 4.02. The molecule has 0 unspecified atom stereocenters. The number of carbonyl (C=O) groups excluding carboxylic acids is 1. The number of para-hydroxylation sites is 1.